The molecule has 1 aliphatic heterocycles. The van der Waals surface area contributed by atoms with E-state index in [0.717, 1.165) is 24.5 Å². The predicted octanol–water partition coefficient (Wildman–Crippen LogP) is 5.17. The average Bonchev–Trinajstić information content (AvgIpc) is 3.02. The Balaban J connectivity index is 1.87. The summed E-state index contributed by atoms with van der Waals surface area (Å²) in [5, 5.41) is 0. The molecule has 0 aromatic heterocycles. The van der Waals surface area contributed by atoms with Crippen molar-refractivity contribution in [3.63, 3.8) is 0 Å². The first-order valence-corrected chi connectivity index (χ1v) is 9.93. The van der Waals surface area contributed by atoms with Gasteiger partial charge in [-0.3, -0.25) is 4.90 Å². The van der Waals surface area contributed by atoms with Gasteiger partial charge in [-0.15, -0.1) is 0 Å². The Morgan fingerprint density at radius 2 is 1.65 bits per heavy atom. The van der Waals surface area contributed by atoms with E-state index >= 15 is 0 Å². The van der Waals surface area contributed by atoms with E-state index in [-0.39, 0.29) is 10.2 Å². The third-order valence-electron chi connectivity index (χ3n) is 5.10. The molecule has 1 saturated carbocycles. The number of benzene rings is 2. The van der Waals surface area contributed by atoms with E-state index < -0.39 is 0 Å². The average molecular weight is 343 g/mol. The normalized spacial score (nSPS) is 22.6. The van der Waals surface area contributed by atoms with Crippen LogP contribution in [0.15, 0.2) is 59.5 Å². The Hall–Kier alpha value is -1.39. The third kappa shape index (κ3) is 2.48. The van der Waals surface area contributed by atoms with E-state index in [4.69, 9.17) is 0 Å². The first kappa shape index (κ1) is 15.2. The van der Waals surface area contributed by atoms with Crippen LogP contribution >= 0.6 is 11.8 Å². The maximum absolute atomic E-state index is 11.9. The summed E-state index contributed by atoms with van der Waals surface area (Å²) in [7, 11) is 0. The van der Waals surface area contributed by atoms with Gasteiger partial charge in [-0.05, 0) is 42.3 Å². The Morgan fingerprint density at radius 1 is 0.957 bits per heavy atom. The lowest BCUT2D eigenvalue weighted by atomic mass is 9.75. The number of fused-ring (bicyclic) bond motifs is 1. The summed E-state index contributed by atoms with van der Waals surface area (Å²) in [6, 6.07) is 19.3. The lowest BCUT2D eigenvalue weighted by molar-refractivity contribution is 0.283. The van der Waals surface area contributed by atoms with Crippen LogP contribution in [0.1, 0.15) is 37.7 Å². The first-order valence-electron chi connectivity index (χ1n) is 8.24. The minimum atomic E-state index is -0.0780. The van der Waals surface area contributed by atoms with Gasteiger partial charge >= 0.3 is 16.4 Å². The number of hydrogen-bond donors (Lipinski definition) is 0. The van der Waals surface area contributed by atoms with Crippen molar-refractivity contribution >= 4 is 29.1 Å². The second-order valence-electron chi connectivity index (χ2n) is 6.32. The molecule has 0 spiro atoms. The SMILES string of the molecule is O=[S+]C1Sc2ccccc2N1C1(c2ccccc2)CCCCC1. The molecule has 1 atom stereocenters. The van der Waals surface area contributed by atoms with Gasteiger partial charge < -0.3 is 0 Å². The number of hydrogen-bond acceptors (Lipinski definition) is 3. The molecule has 1 fully saturated rings. The molecule has 2 nitrogen and oxygen atoms in total. The summed E-state index contributed by atoms with van der Waals surface area (Å²) in [4.78, 5) is 3.67. The molecule has 2 aromatic carbocycles. The molecule has 0 N–H and O–H groups in total. The lowest BCUT2D eigenvalue weighted by Gasteiger charge is -2.45. The molecule has 0 radical (unpaired) electrons. The van der Waals surface area contributed by atoms with Gasteiger partial charge in [0.15, 0.2) is 0 Å². The summed E-state index contributed by atoms with van der Waals surface area (Å²) in [6.45, 7) is 0. The maximum atomic E-state index is 11.9. The molecular weight excluding hydrogens is 322 g/mol. The highest BCUT2D eigenvalue weighted by Gasteiger charge is 2.52. The highest BCUT2D eigenvalue weighted by atomic mass is 32.2. The van der Waals surface area contributed by atoms with Gasteiger partial charge in [-0.25, -0.2) is 0 Å². The molecule has 4 rings (SSSR count). The summed E-state index contributed by atoms with van der Waals surface area (Å²) < 4.78 is 11.8. The van der Waals surface area contributed by atoms with Crippen molar-refractivity contribution in [2.75, 3.05) is 4.90 Å². The third-order valence-corrected chi connectivity index (χ3v) is 7.01. The van der Waals surface area contributed by atoms with Crippen LogP contribution in [-0.2, 0) is 21.4 Å². The molecule has 118 valence electrons. The van der Waals surface area contributed by atoms with E-state index in [1.54, 1.807) is 11.8 Å². The van der Waals surface area contributed by atoms with Crippen molar-refractivity contribution in [2.24, 2.45) is 0 Å². The van der Waals surface area contributed by atoms with Gasteiger partial charge in [0.25, 0.3) is 0 Å². The molecular formula is C19H20NOS2+. The van der Waals surface area contributed by atoms with Crippen LogP contribution in [0.4, 0.5) is 5.69 Å². The fraction of sp³-hybridized carbons (Fsp3) is 0.368. The fourth-order valence-electron chi connectivity index (χ4n) is 4.08. The molecule has 0 saturated heterocycles. The van der Waals surface area contributed by atoms with E-state index in [1.807, 2.05) is 0 Å². The van der Waals surface area contributed by atoms with Gasteiger partial charge in [-0.1, -0.05) is 61.7 Å². The van der Waals surface area contributed by atoms with E-state index in [0.29, 0.717) is 0 Å². The molecule has 23 heavy (non-hydrogen) atoms. The maximum Gasteiger partial charge on any atom is 0.498 e. The minimum absolute atomic E-state index is 0.0405. The van der Waals surface area contributed by atoms with Crippen LogP contribution in [0.25, 0.3) is 0 Å². The number of nitrogens with zero attached hydrogens (tertiary/aromatic N) is 1. The molecule has 0 bridgehead atoms. The zero-order valence-electron chi connectivity index (χ0n) is 13.0. The number of anilines is 1. The van der Waals surface area contributed by atoms with Crippen LogP contribution in [0, 0.1) is 0 Å². The van der Waals surface area contributed by atoms with Crippen LogP contribution in [0.5, 0.6) is 0 Å². The molecule has 2 aliphatic rings. The van der Waals surface area contributed by atoms with Crippen molar-refractivity contribution < 1.29 is 4.21 Å². The topological polar surface area (TPSA) is 20.3 Å². The molecule has 2 aromatic rings. The summed E-state index contributed by atoms with van der Waals surface area (Å²) in [5.41, 5.74) is 2.55. The highest BCUT2D eigenvalue weighted by Crippen LogP contribution is 2.53. The highest BCUT2D eigenvalue weighted by molar-refractivity contribution is 8.07. The van der Waals surface area contributed by atoms with E-state index in [1.165, 1.54) is 35.4 Å². The summed E-state index contributed by atoms with van der Waals surface area (Å²) in [5.74, 6) is 0. The largest absolute Gasteiger partial charge is 0.498 e. The van der Waals surface area contributed by atoms with Gasteiger partial charge in [0, 0.05) is 9.10 Å². The summed E-state index contributed by atoms with van der Waals surface area (Å²) in [6.07, 6.45) is 6.02. The van der Waals surface area contributed by atoms with Crippen molar-refractivity contribution in [3.05, 3.63) is 60.2 Å². The van der Waals surface area contributed by atoms with Crippen molar-refractivity contribution in [2.45, 2.75) is 47.2 Å². The Labute approximate surface area is 145 Å². The van der Waals surface area contributed by atoms with E-state index in [2.05, 4.69) is 59.5 Å². The molecule has 1 unspecified atom stereocenters. The van der Waals surface area contributed by atoms with Gasteiger partial charge in [0.1, 0.15) is 0 Å². The Kier molecular flexibility index (Phi) is 4.12. The van der Waals surface area contributed by atoms with Crippen LogP contribution in [0.2, 0.25) is 0 Å². The number of thioether (sulfide) groups is 1. The van der Waals surface area contributed by atoms with E-state index in [9.17, 15) is 4.21 Å². The fourth-order valence-corrected chi connectivity index (χ4v) is 6.03. The monoisotopic (exact) mass is 342 g/mol. The molecule has 1 heterocycles. The molecule has 1 aliphatic carbocycles. The van der Waals surface area contributed by atoms with Gasteiger partial charge in [0.05, 0.1) is 11.2 Å². The van der Waals surface area contributed by atoms with Crippen molar-refractivity contribution in [3.8, 4) is 0 Å². The smallest absolute Gasteiger partial charge is 0.296 e. The standard InChI is InChI=1S/C19H20NOS2/c21-23-18-20(16-11-5-6-12-17(16)22-18)19(13-7-2-8-14-19)15-9-3-1-4-10-15/h1,3-6,9-12,18H,2,7-8,13-14H2/q+1. The predicted molar refractivity (Wildman–Crippen MR) is 97.8 cm³/mol. The first-order chi connectivity index (χ1) is 11.3. The van der Waals surface area contributed by atoms with Crippen LogP contribution in [-0.4, -0.2) is 4.71 Å². The summed E-state index contributed by atoms with van der Waals surface area (Å²) >= 11 is 2.43. The zero-order valence-corrected chi connectivity index (χ0v) is 14.6. The minimum Gasteiger partial charge on any atom is -0.296 e. The van der Waals surface area contributed by atoms with Crippen molar-refractivity contribution in [1.29, 1.82) is 0 Å². The number of para-hydroxylation sites is 1. The van der Waals surface area contributed by atoms with Gasteiger partial charge in [0.2, 0.25) is 0 Å². The van der Waals surface area contributed by atoms with Crippen molar-refractivity contribution in [1.82, 2.24) is 0 Å². The Morgan fingerprint density at radius 3 is 2.39 bits per heavy atom. The molecule has 0 amide bonds. The van der Waals surface area contributed by atoms with Crippen LogP contribution in [0.3, 0.4) is 0 Å². The van der Waals surface area contributed by atoms with Gasteiger partial charge in [-0.2, -0.15) is 0 Å². The second kappa shape index (κ2) is 6.25. The Bertz CT molecular complexity index is 698. The molecule has 4 heteroatoms. The quantitative estimate of drug-likeness (QED) is 0.718. The van der Waals surface area contributed by atoms with Crippen LogP contribution < -0.4 is 4.90 Å². The zero-order chi connectivity index (χ0) is 15.7. The lowest BCUT2D eigenvalue weighted by Crippen LogP contribution is -2.50. The second-order valence-corrected chi connectivity index (χ2v) is 8.38. The number of rotatable bonds is 3.